The van der Waals surface area contributed by atoms with E-state index in [0.717, 1.165) is 10.9 Å². The number of fused-ring (bicyclic) bond motifs is 1. The van der Waals surface area contributed by atoms with E-state index in [1.807, 2.05) is 24.3 Å². The van der Waals surface area contributed by atoms with Crippen LogP contribution in [0.2, 0.25) is 0 Å². The Morgan fingerprint density at radius 2 is 1.81 bits per heavy atom. The van der Waals surface area contributed by atoms with Crippen molar-refractivity contribution in [1.82, 2.24) is 4.98 Å². The van der Waals surface area contributed by atoms with Crippen LogP contribution in [0.3, 0.4) is 0 Å². The Kier molecular flexibility index (Phi) is 5.56. The first-order valence-electron chi connectivity index (χ1n) is 8.29. The standard InChI is InChI=1S/C21H20N2O4/c1-25-15-8-6-14(19(13-15)27-3)7-11-20(24)23-17-9-10-18(26-2)21-16(17)5-4-12-22-21/h4-13H,1-3H3,(H,23,24). The maximum Gasteiger partial charge on any atom is 0.248 e. The first-order valence-corrected chi connectivity index (χ1v) is 8.29. The summed E-state index contributed by atoms with van der Waals surface area (Å²) in [6, 6.07) is 12.7. The number of ether oxygens (including phenoxy) is 3. The Balaban J connectivity index is 1.83. The number of benzene rings is 2. The number of amides is 1. The summed E-state index contributed by atoms with van der Waals surface area (Å²) in [6.07, 6.45) is 4.83. The molecule has 0 saturated carbocycles. The van der Waals surface area contributed by atoms with Crippen LogP contribution in [0.5, 0.6) is 17.2 Å². The number of hydrogen-bond donors (Lipinski definition) is 1. The zero-order chi connectivity index (χ0) is 19.2. The summed E-state index contributed by atoms with van der Waals surface area (Å²) in [5.41, 5.74) is 2.13. The molecular weight excluding hydrogens is 344 g/mol. The Labute approximate surface area is 157 Å². The van der Waals surface area contributed by atoms with Crippen LogP contribution >= 0.6 is 0 Å². The van der Waals surface area contributed by atoms with Crippen molar-refractivity contribution in [2.24, 2.45) is 0 Å². The van der Waals surface area contributed by atoms with Gasteiger partial charge in [0.25, 0.3) is 0 Å². The molecule has 0 aliphatic heterocycles. The number of rotatable bonds is 6. The molecule has 0 spiro atoms. The van der Waals surface area contributed by atoms with E-state index < -0.39 is 0 Å². The van der Waals surface area contributed by atoms with Gasteiger partial charge in [0, 0.05) is 29.3 Å². The highest BCUT2D eigenvalue weighted by atomic mass is 16.5. The molecule has 1 N–H and O–H groups in total. The number of carbonyl (C=O) groups is 1. The topological polar surface area (TPSA) is 69.7 Å². The SMILES string of the molecule is COc1ccc(C=CC(=O)Nc2ccc(OC)c3ncccc23)c(OC)c1. The van der Waals surface area contributed by atoms with E-state index in [1.54, 1.807) is 51.8 Å². The van der Waals surface area contributed by atoms with Gasteiger partial charge in [-0.25, -0.2) is 0 Å². The second-order valence-electron chi connectivity index (χ2n) is 5.65. The lowest BCUT2D eigenvalue weighted by molar-refractivity contribution is -0.111. The highest BCUT2D eigenvalue weighted by molar-refractivity contribution is 6.08. The smallest absolute Gasteiger partial charge is 0.248 e. The third-order valence-electron chi connectivity index (χ3n) is 4.07. The van der Waals surface area contributed by atoms with Crippen molar-refractivity contribution in [3.8, 4) is 17.2 Å². The first kappa shape index (κ1) is 18.3. The minimum Gasteiger partial charge on any atom is -0.497 e. The van der Waals surface area contributed by atoms with E-state index in [2.05, 4.69) is 10.3 Å². The van der Waals surface area contributed by atoms with E-state index in [4.69, 9.17) is 14.2 Å². The maximum absolute atomic E-state index is 12.4. The quantitative estimate of drug-likeness (QED) is 0.672. The second kappa shape index (κ2) is 8.23. The number of anilines is 1. The highest BCUT2D eigenvalue weighted by Gasteiger charge is 2.09. The number of nitrogens with one attached hydrogen (secondary N) is 1. The van der Waals surface area contributed by atoms with Crippen LogP contribution in [0.25, 0.3) is 17.0 Å². The summed E-state index contributed by atoms with van der Waals surface area (Å²) >= 11 is 0. The van der Waals surface area contributed by atoms with Gasteiger partial charge in [0.05, 0.1) is 27.0 Å². The lowest BCUT2D eigenvalue weighted by Gasteiger charge is -2.10. The van der Waals surface area contributed by atoms with Crippen molar-refractivity contribution in [2.45, 2.75) is 0 Å². The van der Waals surface area contributed by atoms with Gasteiger partial charge in [0.1, 0.15) is 22.8 Å². The van der Waals surface area contributed by atoms with E-state index in [0.29, 0.717) is 28.5 Å². The average molecular weight is 364 g/mol. The highest BCUT2D eigenvalue weighted by Crippen LogP contribution is 2.30. The monoisotopic (exact) mass is 364 g/mol. The molecule has 1 aromatic heterocycles. The first-order chi connectivity index (χ1) is 13.2. The van der Waals surface area contributed by atoms with E-state index in [1.165, 1.54) is 6.08 Å². The molecule has 1 heterocycles. The van der Waals surface area contributed by atoms with Gasteiger partial charge in [-0.3, -0.25) is 9.78 Å². The van der Waals surface area contributed by atoms with Crippen LogP contribution in [0, 0.1) is 0 Å². The maximum atomic E-state index is 12.4. The number of carbonyl (C=O) groups excluding carboxylic acids is 1. The summed E-state index contributed by atoms with van der Waals surface area (Å²) < 4.78 is 15.8. The van der Waals surface area contributed by atoms with E-state index in [9.17, 15) is 4.79 Å². The Morgan fingerprint density at radius 3 is 2.56 bits per heavy atom. The van der Waals surface area contributed by atoms with Crippen molar-refractivity contribution in [1.29, 1.82) is 0 Å². The zero-order valence-corrected chi connectivity index (χ0v) is 15.4. The Bertz CT molecular complexity index is 999. The summed E-state index contributed by atoms with van der Waals surface area (Å²) in [4.78, 5) is 16.7. The third-order valence-corrected chi connectivity index (χ3v) is 4.07. The number of hydrogen-bond acceptors (Lipinski definition) is 5. The number of methoxy groups -OCH3 is 3. The minimum absolute atomic E-state index is 0.261. The Hall–Kier alpha value is -3.54. The van der Waals surface area contributed by atoms with Gasteiger partial charge in [-0.2, -0.15) is 0 Å². The normalized spacial score (nSPS) is 10.8. The fourth-order valence-corrected chi connectivity index (χ4v) is 2.72. The van der Waals surface area contributed by atoms with Gasteiger partial charge in [-0.05, 0) is 42.5 Å². The molecule has 3 rings (SSSR count). The van der Waals surface area contributed by atoms with Crippen molar-refractivity contribution >= 4 is 28.6 Å². The molecular formula is C21H20N2O4. The van der Waals surface area contributed by atoms with Crippen LogP contribution in [-0.2, 0) is 4.79 Å². The molecule has 6 heteroatoms. The fraction of sp³-hybridized carbons (Fsp3) is 0.143. The summed E-state index contributed by atoms with van der Waals surface area (Å²) in [7, 11) is 4.75. The van der Waals surface area contributed by atoms with Crippen LogP contribution < -0.4 is 19.5 Å². The Morgan fingerprint density at radius 1 is 1.00 bits per heavy atom. The molecule has 0 aliphatic carbocycles. The average Bonchev–Trinajstić information content (AvgIpc) is 2.72. The molecule has 6 nitrogen and oxygen atoms in total. The number of aromatic nitrogens is 1. The zero-order valence-electron chi connectivity index (χ0n) is 15.4. The summed E-state index contributed by atoms with van der Waals surface area (Å²) in [5.74, 6) is 1.70. The fourth-order valence-electron chi connectivity index (χ4n) is 2.72. The van der Waals surface area contributed by atoms with Crippen LogP contribution in [0.15, 0.2) is 54.7 Å². The van der Waals surface area contributed by atoms with Gasteiger partial charge in [-0.15, -0.1) is 0 Å². The largest absolute Gasteiger partial charge is 0.497 e. The number of nitrogens with zero attached hydrogens (tertiary/aromatic N) is 1. The number of pyridine rings is 1. The van der Waals surface area contributed by atoms with Crippen LogP contribution in [0.4, 0.5) is 5.69 Å². The molecule has 1 amide bonds. The molecule has 0 aliphatic rings. The van der Waals surface area contributed by atoms with Crippen LogP contribution in [0.1, 0.15) is 5.56 Å². The van der Waals surface area contributed by atoms with Gasteiger partial charge in [0.15, 0.2) is 0 Å². The molecule has 0 fully saturated rings. The lowest BCUT2D eigenvalue weighted by Crippen LogP contribution is -2.08. The van der Waals surface area contributed by atoms with Crippen molar-refractivity contribution < 1.29 is 19.0 Å². The van der Waals surface area contributed by atoms with E-state index in [-0.39, 0.29) is 5.91 Å². The second-order valence-corrected chi connectivity index (χ2v) is 5.65. The summed E-state index contributed by atoms with van der Waals surface area (Å²) in [5, 5.41) is 3.69. The van der Waals surface area contributed by atoms with Gasteiger partial charge in [0.2, 0.25) is 5.91 Å². The minimum atomic E-state index is -0.261. The molecule has 0 atom stereocenters. The predicted molar refractivity (Wildman–Crippen MR) is 106 cm³/mol. The molecule has 27 heavy (non-hydrogen) atoms. The molecule has 0 radical (unpaired) electrons. The third kappa shape index (κ3) is 4.00. The van der Waals surface area contributed by atoms with Crippen molar-refractivity contribution in [3.05, 3.63) is 60.3 Å². The molecule has 3 aromatic rings. The lowest BCUT2D eigenvalue weighted by atomic mass is 10.1. The van der Waals surface area contributed by atoms with Gasteiger partial charge in [-0.1, -0.05) is 0 Å². The van der Waals surface area contributed by atoms with Crippen molar-refractivity contribution in [2.75, 3.05) is 26.6 Å². The molecule has 138 valence electrons. The van der Waals surface area contributed by atoms with E-state index >= 15 is 0 Å². The molecule has 0 bridgehead atoms. The van der Waals surface area contributed by atoms with Gasteiger partial charge >= 0.3 is 0 Å². The molecule has 0 unspecified atom stereocenters. The van der Waals surface area contributed by atoms with Crippen LogP contribution in [-0.4, -0.2) is 32.2 Å². The van der Waals surface area contributed by atoms with Crippen molar-refractivity contribution in [3.63, 3.8) is 0 Å². The van der Waals surface area contributed by atoms with Gasteiger partial charge < -0.3 is 19.5 Å². The molecule has 0 saturated heterocycles. The summed E-state index contributed by atoms with van der Waals surface area (Å²) in [6.45, 7) is 0. The molecule has 2 aromatic carbocycles. The predicted octanol–water partition coefficient (Wildman–Crippen LogP) is 3.91.